The van der Waals surface area contributed by atoms with Crippen LogP contribution in [0.25, 0.3) is 16.9 Å². The van der Waals surface area contributed by atoms with Gasteiger partial charge in [-0.05, 0) is 42.5 Å². The molecule has 1 N–H and O–H groups in total. The Balaban J connectivity index is 1.98. The predicted molar refractivity (Wildman–Crippen MR) is 89.0 cm³/mol. The summed E-state index contributed by atoms with van der Waals surface area (Å²) in [6.07, 6.45) is 4.33. The Morgan fingerprint density at radius 1 is 0.952 bits per heavy atom. The molecule has 0 aliphatic rings. The molecule has 1 heterocycles. The van der Waals surface area contributed by atoms with Crippen molar-refractivity contribution >= 4 is 0 Å². The highest BCUT2D eigenvalue weighted by Crippen LogP contribution is 2.26. The second-order valence-electron chi connectivity index (χ2n) is 5.46. The van der Waals surface area contributed by atoms with E-state index >= 15 is 0 Å². The highest BCUT2D eigenvalue weighted by atomic mass is 15.3. The molecule has 2 nitrogen and oxygen atoms in total. The molecule has 0 fully saturated rings. The van der Waals surface area contributed by atoms with E-state index in [4.69, 9.17) is 0 Å². The summed E-state index contributed by atoms with van der Waals surface area (Å²) >= 11 is 0. The van der Waals surface area contributed by atoms with Gasteiger partial charge in [-0.1, -0.05) is 50.2 Å². The maximum Gasteiger partial charge on any atom is 0.0803 e. The minimum Gasteiger partial charge on any atom is -0.292 e. The lowest BCUT2D eigenvalue weighted by molar-refractivity contribution is 0.781. The molecule has 21 heavy (non-hydrogen) atoms. The first-order valence-electron chi connectivity index (χ1n) is 7.69. The lowest BCUT2D eigenvalue weighted by Crippen LogP contribution is -2.11. The highest BCUT2D eigenvalue weighted by Gasteiger charge is 2.12. The van der Waals surface area contributed by atoms with Crippen molar-refractivity contribution in [3.8, 4) is 16.9 Å². The average molecular weight is 278 g/mol. The van der Waals surface area contributed by atoms with Crippen molar-refractivity contribution in [3.05, 3.63) is 65.4 Å². The summed E-state index contributed by atoms with van der Waals surface area (Å²) in [6, 6.07) is 15.0. The quantitative estimate of drug-likeness (QED) is 0.700. The van der Waals surface area contributed by atoms with E-state index in [0.29, 0.717) is 0 Å². The van der Waals surface area contributed by atoms with Gasteiger partial charge in [0.1, 0.15) is 0 Å². The van der Waals surface area contributed by atoms with Crippen LogP contribution in [0.3, 0.4) is 0 Å². The topological polar surface area (TPSA) is 20.7 Å². The molecule has 0 amide bonds. The van der Waals surface area contributed by atoms with Crippen molar-refractivity contribution in [3.63, 3.8) is 0 Å². The number of H-pyrrole nitrogens is 1. The molecule has 1 aromatic heterocycles. The van der Waals surface area contributed by atoms with Gasteiger partial charge in [-0.25, -0.2) is 0 Å². The van der Waals surface area contributed by atoms with E-state index in [1.54, 1.807) is 0 Å². The summed E-state index contributed by atoms with van der Waals surface area (Å²) in [5, 5.41) is 3.47. The van der Waals surface area contributed by atoms with Crippen molar-refractivity contribution < 1.29 is 0 Å². The first-order valence-corrected chi connectivity index (χ1v) is 7.69. The highest BCUT2D eigenvalue weighted by molar-refractivity contribution is 5.64. The molecule has 3 rings (SSSR count). The smallest absolute Gasteiger partial charge is 0.0803 e. The molecule has 108 valence electrons. The van der Waals surface area contributed by atoms with Crippen molar-refractivity contribution in [2.75, 3.05) is 0 Å². The summed E-state index contributed by atoms with van der Waals surface area (Å²) in [5.74, 6) is 0. The number of aryl methyl sites for hydroxylation is 2. The second-order valence-corrected chi connectivity index (χ2v) is 5.46. The standard InChI is InChI=1S/C19H22N2/c1-4-15-10-8-12-19(16(15)5-2)21-13-18(20-21)17-11-7-6-9-14(17)3/h6-13,20H,4-5H2,1-3H3. The van der Waals surface area contributed by atoms with Crippen molar-refractivity contribution in [2.45, 2.75) is 33.6 Å². The van der Waals surface area contributed by atoms with Crippen LogP contribution in [0.5, 0.6) is 0 Å². The number of nitrogens with one attached hydrogen (secondary N) is 1. The third-order valence-electron chi connectivity index (χ3n) is 4.18. The van der Waals surface area contributed by atoms with Gasteiger partial charge in [0.2, 0.25) is 0 Å². The largest absolute Gasteiger partial charge is 0.292 e. The van der Waals surface area contributed by atoms with E-state index in [-0.39, 0.29) is 0 Å². The zero-order valence-electron chi connectivity index (χ0n) is 13.0. The van der Waals surface area contributed by atoms with Crippen LogP contribution in [0, 0.1) is 6.92 Å². The average Bonchev–Trinajstić information content (AvgIpc) is 2.47. The van der Waals surface area contributed by atoms with E-state index in [0.717, 1.165) is 12.8 Å². The number of aromatic nitrogens is 2. The Labute approximate surface area is 126 Å². The molecule has 2 heteroatoms. The molecule has 0 aliphatic carbocycles. The summed E-state index contributed by atoms with van der Waals surface area (Å²) < 4.78 is 2.14. The number of rotatable bonds is 4. The molecule has 0 bridgehead atoms. The zero-order chi connectivity index (χ0) is 14.8. The van der Waals surface area contributed by atoms with Gasteiger partial charge in [0, 0.05) is 5.56 Å². The van der Waals surface area contributed by atoms with Crippen LogP contribution in [-0.2, 0) is 12.8 Å². The van der Waals surface area contributed by atoms with Gasteiger partial charge in [0.15, 0.2) is 0 Å². The number of aromatic amines is 1. The van der Waals surface area contributed by atoms with Gasteiger partial charge < -0.3 is 0 Å². The van der Waals surface area contributed by atoms with Crippen LogP contribution in [0.2, 0.25) is 0 Å². The Morgan fingerprint density at radius 3 is 2.38 bits per heavy atom. The minimum absolute atomic E-state index is 1.06. The number of nitrogens with zero attached hydrogens (tertiary/aromatic N) is 1. The van der Waals surface area contributed by atoms with E-state index in [1.807, 2.05) is 0 Å². The molecule has 2 aromatic carbocycles. The summed E-state index contributed by atoms with van der Waals surface area (Å²) in [6.45, 7) is 6.59. The van der Waals surface area contributed by atoms with Crippen molar-refractivity contribution in [1.82, 2.24) is 9.78 Å². The molecule has 0 saturated heterocycles. The van der Waals surface area contributed by atoms with Crippen LogP contribution in [0.15, 0.2) is 48.7 Å². The lowest BCUT2D eigenvalue weighted by Gasteiger charge is -2.21. The van der Waals surface area contributed by atoms with Gasteiger partial charge in [-0.2, -0.15) is 0 Å². The molecular formula is C19H22N2. The Bertz CT molecular complexity index is 735. The number of hydrogen-bond acceptors (Lipinski definition) is 0. The van der Waals surface area contributed by atoms with Gasteiger partial charge >= 0.3 is 0 Å². The van der Waals surface area contributed by atoms with Crippen LogP contribution in [0.1, 0.15) is 30.5 Å². The monoisotopic (exact) mass is 278 g/mol. The Kier molecular flexibility index (Phi) is 3.70. The Morgan fingerprint density at radius 2 is 1.71 bits per heavy atom. The normalized spacial score (nSPS) is 11.0. The lowest BCUT2D eigenvalue weighted by atomic mass is 10.0. The van der Waals surface area contributed by atoms with E-state index in [1.165, 1.54) is 33.6 Å². The maximum atomic E-state index is 3.47. The molecule has 3 aromatic rings. The zero-order valence-corrected chi connectivity index (χ0v) is 13.0. The second kappa shape index (κ2) is 5.65. The van der Waals surface area contributed by atoms with Gasteiger partial charge in [0.25, 0.3) is 0 Å². The number of hydrogen-bond donors (Lipinski definition) is 1. The summed E-state index contributed by atoms with van der Waals surface area (Å²) in [7, 11) is 0. The molecule has 0 saturated carbocycles. The van der Waals surface area contributed by atoms with E-state index in [2.05, 4.69) is 79.2 Å². The molecule has 0 atom stereocenters. The fourth-order valence-electron chi connectivity index (χ4n) is 2.97. The first kappa shape index (κ1) is 13.7. The van der Waals surface area contributed by atoms with Crippen molar-refractivity contribution in [2.24, 2.45) is 0 Å². The third-order valence-corrected chi connectivity index (χ3v) is 4.18. The maximum absolute atomic E-state index is 3.47. The van der Waals surface area contributed by atoms with Crippen LogP contribution >= 0.6 is 0 Å². The molecule has 0 radical (unpaired) electrons. The first-order chi connectivity index (χ1) is 10.2. The molecular weight excluding hydrogens is 256 g/mol. The molecule has 0 aliphatic heterocycles. The molecule has 0 unspecified atom stereocenters. The third kappa shape index (κ3) is 2.42. The van der Waals surface area contributed by atoms with E-state index < -0.39 is 0 Å². The fraction of sp³-hybridized carbons (Fsp3) is 0.263. The van der Waals surface area contributed by atoms with Crippen LogP contribution in [0.4, 0.5) is 0 Å². The van der Waals surface area contributed by atoms with Crippen LogP contribution < -0.4 is 0 Å². The van der Waals surface area contributed by atoms with Gasteiger partial charge in [-0.3, -0.25) is 9.78 Å². The van der Waals surface area contributed by atoms with Gasteiger partial charge in [0.05, 0.1) is 17.6 Å². The summed E-state index contributed by atoms with van der Waals surface area (Å²) in [4.78, 5) is 0. The fourth-order valence-corrected chi connectivity index (χ4v) is 2.97. The SMILES string of the molecule is CCc1cccc(-n2cc(-c3ccccc3C)[nH]2)c1CC. The summed E-state index contributed by atoms with van der Waals surface area (Å²) in [5.41, 5.74) is 7.92. The van der Waals surface area contributed by atoms with Crippen molar-refractivity contribution in [1.29, 1.82) is 0 Å². The predicted octanol–water partition coefficient (Wildman–Crippen LogP) is 4.91. The van der Waals surface area contributed by atoms with Crippen LogP contribution in [-0.4, -0.2) is 9.78 Å². The minimum atomic E-state index is 1.06. The van der Waals surface area contributed by atoms with Gasteiger partial charge in [-0.15, -0.1) is 0 Å². The number of benzene rings is 2. The Hall–Kier alpha value is -2.22. The molecule has 0 spiro atoms. The van der Waals surface area contributed by atoms with E-state index in [9.17, 15) is 0 Å².